The van der Waals surface area contributed by atoms with Crippen molar-refractivity contribution in [2.24, 2.45) is 0 Å². The van der Waals surface area contributed by atoms with Crippen molar-refractivity contribution in [3.8, 4) is 11.1 Å². The van der Waals surface area contributed by atoms with Gasteiger partial charge in [-0.25, -0.2) is 0 Å². The Kier molecular flexibility index (Phi) is 4.82. The van der Waals surface area contributed by atoms with Crippen LogP contribution in [0.2, 0.25) is 0 Å². The molecule has 0 saturated carbocycles. The minimum Gasteiger partial charge on any atom is -0.427 e. The Balaban J connectivity index is 1.78. The Morgan fingerprint density at radius 1 is 0.857 bits per heavy atom. The van der Waals surface area contributed by atoms with Crippen LogP contribution in [0.1, 0.15) is 27.7 Å². The monoisotopic (exact) mass is 387 g/mol. The second kappa shape index (κ2) is 7.04. The largest absolute Gasteiger partial charge is 0.427 e. The van der Waals surface area contributed by atoms with Gasteiger partial charge in [0.25, 0.3) is 0 Å². The Labute approximate surface area is 171 Å². The molecule has 1 radical (unpaired) electrons. The highest BCUT2D eigenvalue weighted by molar-refractivity contribution is 7.26. The van der Waals surface area contributed by atoms with E-state index in [1.165, 1.54) is 31.3 Å². The molecule has 2 nitrogen and oxygen atoms in total. The molecule has 4 aromatic rings. The molecule has 3 aromatic carbocycles. The van der Waals surface area contributed by atoms with Crippen molar-refractivity contribution in [2.75, 3.05) is 0 Å². The van der Waals surface area contributed by atoms with Crippen molar-refractivity contribution in [3.05, 3.63) is 66.7 Å². The van der Waals surface area contributed by atoms with Crippen molar-refractivity contribution in [3.63, 3.8) is 0 Å². The van der Waals surface area contributed by atoms with Crippen molar-refractivity contribution < 1.29 is 9.76 Å². The Morgan fingerprint density at radius 2 is 1.61 bits per heavy atom. The molecule has 0 atom stereocenters. The fraction of sp³-hybridized carbons (Fsp3) is 0.250. The molecular weight excluding hydrogens is 363 g/mol. The summed E-state index contributed by atoms with van der Waals surface area (Å²) in [6.45, 7) is 7.33. The van der Waals surface area contributed by atoms with Gasteiger partial charge in [-0.1, -0.05) is 60.1 Å². The summed E-state index contributed by atoms with van der Waals surface area (Å²) in [6, 6.07) is 23.4. The number of thiophene rings is 1. The zero-order valence-electron chi connectivity index (χ0n) is 16.7. The van der Waals surface area contributed by atoms with Crippen molar-refractivity contribution in [2.45, 2.75) is 38.9 Å². The quantitative estimate of drug-likeness (QED) is 0.456. The lowest BCUT2D eigenvalue weighted by Crippen LogP contribution is -2.49. The number of rotatable bonds is 5. The van der Waals surface area contributed by atoms with Crippen LogP contribution in [0.5, 0.6) is 0 Å². The summed E-state index contributed by atoms with van der Waals surface area (Å²) in [5.74, 6) is 0. The van der Waals surface area contributed by atoms with Gasteiger partial charge in [-0.3, -0.25) is 0 Å². The summed E-state index contributed by atoms with van der Waals surface area (Å²) in [6.07, 6.45) is 0. The van der Waals surface area contributed by atoms with Gasteiger partial charge in [0.05, 0.1) is 11.2 Å². The van der Waals surface area contributed by atoms with Crippen molar-refractivity contribution >= 4 is 44.5 Å². The van der Waals surface area contributed by atoms with Crippen LogP contribution in [0.25, 0.3) is 31.3 Å². The van der Waals surface area contributed by atoms with Gasteiger partial charge < -0.3 is 9.76 Å². The molecule has 0 bridgehead atoms. The molecule has 0 spiro atoms. The molecule has 0 aliphatic heterocycles. The summed E-state index contributed by atoms with van der Waals surface area (Å²) >= 11 is 1.81. The number of hydrogen-bond acceptors (Lipinski definition) is 3. The predicted molar refractivity (Wildman–Crippen MR) is 122 cm³/mol. The van der Waals surface area contributed by atoms with Crippen LogP contribution < -0.4 is 5.46 Å². The van der Waals surface area contributed by atoms with Crippen LogP contribution in [0.15, 0.2) is 66.7 Å². The minimum atomic E-state index is -0.941. The lowest BCUT2D eigenvalue weighted by atomic mass is 9.82. The highest BCUT2D eigenvalue weighted by Gasteiger charge is 2.35. The number of benzene rings is 3. The van der Waals surface area contributed by atoms with E-state index in [4.69, 9.17) is 4.65 Å². The fourth-order valence-corrected chi connectivity index (χ4v) is 4.25. The van der Waals surface area contributed by atoms with E-state index in [1.54, 1.807) is 21.3 Å². The molecule has 4 rings (SSSR count). The first-order valence-electron chi connectivity index (χ1n) is 9.50. The Hall–Kier alpha value is -2.14. The third-order valence-electron chi connectivity index (χ3n) is 5.57. The summed E-state index contributed by atoms with van der Waals surface area (Å²) in [7, 11) is 1.76. The van der Waals surface area contributed by atoms with Gasteiger partial charge >= 0.3 is 7.48 Å². The first-order valence-corrected chi connectivity index (χ1v) is 10.3. The summed E-state index contributed by atoms with van der Waals surface area (Å²) < 4.78 is 8.51. The van der Waals surface area contributed by atoms with E-state index in [-0.39, 0.29) is 0 Å². The molecule has 1 N–H and O–H groups in total. The molecular formula is C24H24BO2S. The van der Waals surface area contributed by atoms with E-state index in [2.05, 4.69) is 60.7 Å². The lowest BCUT2D eigenvalue weighted by molar-refractivity contribution is -0.0893. The topological polar surface area (TPSA) is 29.5 Å². The molecule has 141 valence electrons. The van der Waals surface area contributed by atoms with E-state index < -0.39 is 11.2 Å². The summed E-state index contributed by atoms with van der Waals surface area (Å²) in [4.78, 5) is 0. The van der Waals surface area contributed by atoms with Gasteiger partial charge in [0.2, 0.25) is 0 Å². The Bertz CT molecular complexity index is 1120. The molecule has 0 aliphatic carbocycles. The molecule has 0 fully saturated rings. The van der Waals surface area contributed by atoms with Gasteiger partial charge in [0, 0.05) is 20.2 Å². The third kappa shape index (κ3) is 3.48. The first kappa shape index (κ1) is 19.2. The zero-order valence-corrected chi connectivity index (χ0v) is 17.5. The van der Waals surface area contributed by atoms with Crippen molar-refractivity contribution in [1.29, 1.82) is 0 Å². The molecule has 28 heavy (non-hydrogen) atoms. The van der Waals surface area contributed by atoms with Crippen LogP contribution in [-0.4, -0.2) is 23.8 Å². The lowest BCUT2D eigenvalue weighted by Gasteiger charge is -2.37. The van der Waals surface area contributed by atoms with Gasteiger partial charge in [-0.15, -0.1) is 11.3 Å². The highest BCUT2D eigenvalue weighted by Crippen LogP contribution is 2.39. The number of aliphatic hydroxyl groups is 1. The first-order chi connectivity index (χ1) is 13.3. The van der Waals surface area contributed by atoms with Gasteiger partial charge in [0.1, 0.15) is 0 Å². The SMILES string of the molecule is CC(C)(O)C(C)(C)O[B]c1ccc2sc3cccc(-c4ccccc4)c3c2c1. The highest BCUT2D eigenvalue weighted by atomic mass is 32.1. The zero-order chi connectivity index (χ0) is 19.9. The third-order valence-corrected chi connectivity index (χ3v) is 6.70. The van der Waals surface area contributed by atoms with E-state index in [9.17, 15) is 5.11 Å². The maximum absolute atomic E-state index is 10.3. The maximum Gasteiger partial charge on any atom is 0.330 e. The van der Waals surface area contributed by atoms with Gasteiger partial charge in [-0.2, -0.15) is 0 Å². The second-order valence-corrected chi connectivity index (χ2v) is 9.29. The molecule has 0 amide bonds. The number of hydrogen-bond donors (Lipinski definition) is 1. The van der Waals surface area contributed by atoms with E-state index in [0.29, 0.717) is 0 Å². The van der Waals surface area contributed by atoms with Gasteiger partial charge in [0.15, 0.2) is 0 Å². The molecule has 0 unspecified atom stereocenters. The van der Waals surface area contributed by atoms with E-state index in [0.717, 1.165) is 5.46 Å². The minimum absolute atomic E-state index is 0.687. The smallest absolute Gasteiger partial charge is 0.330 e. The average Bonchev–Trinajstić information content (AvgIpc) is 3.04. The van der Waals surface area contributed by atoms with E-state index >= 15 is 0 Å². The average molecular weight is 387 g/mol. The van der Waals surface area contributed by atoms with Crippen LogP contribution in [0, 0.1) is 0 Å². The maximum atomic E-state index is 10.3. The van der Waals surface area contributed by atoms with E-state index in [1.807, 2.05) is 31.3 Å². The molecule has 1 heterocycles. The molecule has 4 heteroatoms. The summed E-state index contributed by atoms with van der Waals surface area (Å²) in [5, 5.41) is 12.8. The molecule has 0 aliphatic rings. The molecule has 1 aromatic heterocycles. The normalized spacial score (nSPS) is 12.6. The standard InChI is InChI=1S/C24H24BO2S/c1-23(2,26)24(3,4)27-25-17-13-14-20-19(15-17)22-18(11-8-12-21(22)28-20)16-9-6-5-7-10-16/h5-15,26H,1-4H3. The van der Waals surface area contributed by atoms with Crippen LogP contribution >= 0.6 is 11.3 Å². The predicted octanol–water partition coefficient (Wildman–Crippen LogP) is 5.53. The van der Waals surface area contributed by atoms with Crippen LogP contribution in [0.3, 0.4) is 0 Å². The van der Waals surface area contributed by atoms with Crippen LogP contribution in [0.4, 0.5) is 0 Å². The summed E-state index contributed by atoms with van der Waals surface area (Å²) in [5.41, 5.74) is 1.84. The van der Waals surface area contributed by atoms with Crippen LogP contribution in [-0.2, 0) is 4.65 Å². The van der Waals surface area contributed by atoms with Crippen molar-refractivity contribution in [1.82, 2.24) is 0 Å². The fourth-order valence-electron chi connectivity index (χ4n) is 3.14. The van der Waals surface area contributed by atoms with Gasteiger partial charge in [-0.05, 0) is 51.0 Å². The second-order valence-electron chi connectivity index (χ2n) is 8.21. The molecule has 0 saturated heterocycles. The number of fused-ring (bicyclic) bond motifs is 3. The Morgan fingerprint density at radius 3 is 2.32 bits per heavy atom.